The fraction of sp³-hybridized carbons (Fsp3) is 0.345. The smallest absolute Gasteiger partial charge is 0.395 e. The van der Waals surface area contributed by atoms with Crippen molar-refractivity contribution < 1.29 is 32.4 Å². The van der Waals surface area contributed by atoms with Gasteiger partial charge < -0.3 is 14.6 Å². The Labute approximate surface area is 221 Å². The molecule has 2 atom stereocenters. The normalized spacial score (nSPS) is 21.8. The lowest BCUT2D eigenvalue weighted by Crippen LogP contribution is -2.33. The Bertz CT molecular complexity index is 1410. The lowest BCUT2D eigenvalue weighted by Gasteiger charge is -2.21. The monoisotopic (exact) mass is 539 g/mol. The SMILES string of the molecule is O=C(Cc1cccc(-c2ccc(S(=O)N3CCC[C@@H]3CO)cc2)c1)C1(c2ccc3c(c2)OC(F)(F)O3)CC1. The van der Waals surface area contributed by atoms with Gasteiger partial charge in [0.15, 0.2) is 11.5 Å². The van der Waals surface area contributed by atoms with Gasteiger partial charge in [-0.05, 0) is 72.2 Å². The molecule has 0 aromatic heterocycles. The van der Waals surface area contributed by atoms with E-state index in [2.05, 4.69) is 9.47 Å². The van der Waals surface area contributed by atoms with Crippen LogP contribution in [-0.4, -0.2) is 44.9 Å². The first-order valence-electron chi connectivity index (χ1n) is 12.7. The number of halogens is 2. The van der Waals surface area contributed by atoms with Gasteiger partial charge in [0, 0.05) is 19.0 Å². The maximum atomic E-state index is 13.4. The lowest BCUT2D eigenvalue weighted by atomic mass is 9.87. The summed E-state index contributed by atoms with van der Waals surface area (Å²) >= 11 is 0. The molecule has 3 aromatic rings. The Morgan fingerprint density at radius 1 is 1.00 bits per heavy atom. The van der Waals surface area contributed by atoms with Crippen molar-refractivity contribution in [2.45, 2.75) is 54.8 Å². The third kappa shape index (κ3) is 4.63. The molecule has 6 rings (SSSR count). The number of ketones is 1. The average molecular weight is 540 g/mol. The highest BCUT2D eigenvalue weighted by Gasteiger charge is 2.52. The maximum Gasteiger partial charge on any atom is 0.586 e. The molecule has 6 nitrogen and oxygen atoms in total. The summed E-state index contributed by atoms with van der Waals surface area (Å²) in [6.07, 6.45) is -0.379. The zero-order chi connectivity index (χ0) is 26.5. The minimum atomic E-state index is -3.69. The molecule has 0 radical (unpaired) electrons. The third-order valence-electron chi connectivity index (χ3n) is 7.67. The fourth-order valence-electron chi connectivity index (χ4n) is 5.42. The van der Waals surface area contributed by atoms with E-state index in [1.165, 1.54) is 12.1 Å². The zero-order valence-electron chi connectivity index (χ0n) is 20.6. The largest absolute Gasteiger partial charge is 0.586 e. The van der Waals surface area contributed by atoms with Crippen LogP contribution in [0.5, 0.6) is 11.5 Å². The number of hydrogen-bond acceptors (Lipinski definition) is 5. The molecule has 1 unspecified atom stereocenters. The molecule has 2 aliphatic heterocycles. The van der Waals surface area contributed by atoms with E-state index in [1.807, 2.05) is 52.8 Å². The molecular weight excluding hydrogens is 512 g/mol. The molecule has 9 heteroatoms. The van der Waals surface area contributed by atoms with Crippen LogP contribution in [0.15, 0.2) is 71.6 Å². The van der Waals surface area contributed by atoms with Crippen LogP contribution in [0.4, 0.5) is 8.78 Å². The van der Waals surface area contributed by atoms with E-state index >= 15 is 0 Å². The van der Waals surface area contributed by atoms with Crippen molar-refractivity contribution in [1.29, 1.82) is 0 Å². The van der Waals surface area contributed by atoms with Crippen LogP contribution in [0.2, 0.25) is 0 Å². The van der Waals surface area contributed by atoms with Gasteiger partial charge in [-0.2, -0.15) is 0 Å². The maximum absolute atomic E-state index is 13.4. The van der Waals surface area contributed by atoms with Crippen molar-refractivity contribution in [2.24, 2.45) is 0 Å². The lowest BCUT2D eigenvalue weighted by molar-refractivity contribution is -0.286. The van der Waals surface area contributed by atoms with Gasteiger partial charge in [0.05, 0.1) is 16.9 Å². The molecular formula is C29H27F2NO5S. The second-order valence-corrected chi connectivity index (χ2v) is 11.5. The van der Waals surface area contributed by atoms with E-state index in [0.29, 0.717) is 29.8 Å². The number of aliphatic hydroxyl groups excluding tert-OH is 1. The second kappa shape index (κ2) is 9.55. The molecule has 3 aromatic carbocycles. The van der Waals surface area contributed by atoms with Crippen molar-refractivity contribution in [3.63, 3.8) is 0 Å². The first-order chi connectivity index (χ1) is 18.3. The van der Waals surface area contributed by atoms with E-state index in [4.69, 9.17) is 0 Å². The number of nitrogens with zero attached hydrogens (tertiary/aromatic N) is 1. The van der Waals surface area contributed by atoms with Crippen LogP contribution < -0.4 is 9.47 Å². The Morgan fingerprint density at radius 2 is 1.76 bits per heavy atom. The first kappa shape index (κ1) is 25.2. The number of hydrogen-bond donors (Lipinski definition) is 1. The predicted molar refractivity (Wildman–Crippen MR) is 137 cm³/mol. The Kier molecular flexibility index (Phi) is 6.32. The van der Waals surface area contributed by atoms with Gasteiger partial charge in [0.2, 0.25) is 0 Å². The van der Waals surface area contributed by atoms with Gasteiger partial charge in [-0.3, -0.25) is 4.79 Å². The molecule has 1 saturated carbocycles. The van der Waals surface area contributed by atoms with Crippen molar-refractivity contribution in [3.8, 4) is 22.6 Å². The first-order valence-corrected chi connectivity index (χ1v) is 13.8. The van der Waals surface area contributed by atoms with Gasteiger partial charge in [-0.25, -0.2) is 8.51 Å². The summed E-state index contributed by atoms with van der Waals surface area (Å²) < 4.78 is 50.8. The molecule has 1 saturated heterocycles. The predicted octanol–water partition coefficient (Wildman–Crippen LogP) is 5.00. The van der Waals surface area contributed by atoms with Gasteiger partial charge >= 0.3 is 6.29 Å². The fourth-order valence-corrected chi connectivity index (χ4v) is 6.80. The quantitative estimate of drug-likeness (QED) is 0.436. The standard InChI is InChI=1S/C29H27F2NO5S/c30-29(31)36-25-11-8-22(17-26(25)37-29)28(12-13-28)27(34)16-19-3-1-4-21(15-19)20-6-9-24(10-7-20)38(35)32-14-2-5-23(32)18-33/h1,3-4,6-11,15,17,23,33H,2,5,12-14,16,18H2/t23-,38?/m1/s1. The molecule has 0 spiro atoms. The Hall–Kier alpha value is -3.14. The van der Waals surface area contributed by atoms with Crippen molar-refractivity contribution in [3.05, 3.63) is 77.9 Å². The van der Waals surface area contributed by atoms with Crippen molar-refractivity contribution in [1.82, 2.24) is 4.31 Å². The summed E-state index contributed by atoms with van der Waals surface area (Å²) in [5.41, 5.74) is 2.72. The summed E-state index contributed by atoms with van der Waals surface area (Å²) in [5, 5.41) is 9.55. The molecule has 1 aliphatic carbocycles. The molecule has 38 heavy (non-hydrogen) atoms. The number of rotatable bonds is 8. The number of ether oxygens (including phenoxy) is 2. The average Bonchev–Trinajstić information content (AvgIpc) is 3.48. The number of alkyl halides is 2. The van der Waals surface area contributed by atoms with E-state index < -0.39 is 22.7 Å². The number of Topliss-reactive ketones (excluding diaryl/α,β-unsaturated/α-hetero) is 1. The highest BCUT2D eigenvalue weighted by atomic mass is 32.2. The Balaban J connectivity index is 1.16. The molecule has 3 aliphatic rings. The number of carbonyl (C=O) groups is 1. The van der Waals surface area contributed by atoms with Gasteiger partial charge in [0.1, 0.15) is 16.8 Å². The summed E-state index contributed by atoms with van der Waals surface area (Å²) in [5.74, 6) is -0.0390. The number of aliphatic hydroxyl groups is 1. The highest BCUT2D eigenvalue weighted by molar-refractivity contribution is 7.82. The minimum absolute atomic E-state index is 0.00122. The number of carbonyl (C=O) groups excluding carboxylic acids is 1. The van der Waals surface area contributed by atoms with E-state index in [-0.39, 0.29) is 36.4 Å². The summed E-state index contributed by atoms with van der Waals surface area (Å²) in [7, 11) is -1.32. The van der Waals surface area contributed by atoms with Gasteiger partial charge in [-0.15, -0.1) is 8.78 Å². The summed E-state index contributed by atoms with van der Waals surface area (Å²) in [6, 6.07) is 19.8. The van der Waals surface area contributed by atoms with Gasteiger partial charge in [0.25, 0.3) is 0 Å². The summed E-state index contributed by atoms with van der Waals surface area (Å²) in [4.78, 5) is 14.1. The zero-order valence-corrected chi connectivity index (χ0v) is 21.4. The highest BCUT2D eigenvalue weighted by Crippen LogP contribution is 2.52. The Morgan fingerprint density at radius 3 is 2.50 bits per heavy atom. The molecule has 198 valence electrons. The van der Waals surface area contributed by atoms with Gasteiger partial charge in [-0.1, -0.05) is 42.5 Å². The van der Waals surface area contributed by atoms with Crippen LogP contribution in [0.3, 0.4) is 0 Å². The van der Waals surface area contributed by atoms with E-state index in [9.17, 15) is 22.9 Å². The van der Waals surface area contributed by atoms with Crippen LogP contribution in [-0.2, 0) is 27.6 Å². The topological polar surface area (TPSA) is 76.1 Å². The number of benzene rings is 3. The molecule has 0 bridgehead atoms. The van der Waals surface area contributed by atoms with E-state index in [1.54, 1.807) is 6.07 Å². The van der Waals surface area contributed by atoms with Crippen LogP contribution in [0.25, 0.3) is 11.1 Å². The third-order valence-corrected chi connectivity index (χ3v) is 9.25. The van der Waals surface area contributed by atoms with Crippen LogP contribution in [0, 0.1) is 0 Å². The molecule has 1 N–H and O–H groups in total. The van der Waals surface area contributed by atoms with Crippen molar-refractivity contribution in [2.75, 3.05) is 13.2 Å². The summed E-state index contributed by atoms with van der Waals surface area (Å²) in [6.45, 7) is 0.705. The number of fused-ring (bicyclic) bond motifs is 1. The van der Waals surface area contributed by atoms with Crippen LogP contribution >= 0.6 is 0 Å². The second-order valence-electron chi connectivity index (χ2n) is 10.1. The molecule has 0 amide bonds. The minimum Gasteiger partial charge on any atom is -0.395 e. The van der Waals surface area contributed by atoms with Crippen molar-refractivity contribution >= 4 is 16.8 Å². The van der Waals surface area contributed by atoms with E-state index in [0.717, 1.165) is 29.5 Å². The van der Waals surface area contributed by atoms with Crippen LogP contribution in [0.1, 0.15) is 36.8 Å². The molecule has 2 fully saturated rings. The molecule has 2 heterocycles.